The van der Waals surface area contributed by atoms with Crippen molar-refractivity contribution >= 4 is 15.9 Å². The van der Waals surface area contributed by atoms with E-state index in [9.17, 15) is 13.2 Å². The number of sulfonamides is 1. The van der Waals surface area contributed by atoms with Crippen LogP contribution >= 0.6 is 0 Å². The van der Waals surface area contributed by atoms with Crippen molar-refractivity contribution in [3.8, 4) is 5.75 Å². The standard InChI is InChI=1S/C22H29N3O4S/c1-18-7-9-20(10-8-18)30(27,28)25-14-12-24(13-15-25)17-22(26)23-11-16-29-21-6-4-3-5-19(21)2/h3-10H,11-17H2,1-2H3,(H,23,26). The number of nitrogens with one attached hydrogen (secondary N) is 1. The molecule has 0 spiro atoms. The summed E-state index contributed by atoms with van der Waals surface area (Å²) in [7, 11) is -3.49. The predicted molar refractivity (Wildman–Crippen MR) is 116 cm³/mol. The first-order valence-corrected chi connectivity index (χ1v) is 11.5. The molecule has 1 amide bonds. The summed E-state index contributed by atoms with van der Waals surface area (Å²) in [5.41, 5.74) is 2.08. The van der Waals surface area contributed by atoms with Crippen molar-refractivity contribution in [3.63, 3.8) is 0 Å². The molecule has 1 aliphatic heterocycles. The zero-order valence-electron chi connectivity index (χ0n) is 17.5. The summed E-state index contributed by atoms with van der Waals surface area (Å²) in [6, 6.07) is 14.6. The van der Waals surface area contributed by atoms with Gasteiger partial charge in [0.25, 0.3) is 0 Å². The van der Waals surface area contributed by atoms with Crippen molar-refractivity contribution in [1.82, 2.24) is 14.5 Å². The first-order chi connectivity index (χ1) is 14.4. The third-order valence-electron chi connectivity index (χ3n) is 5.13. The molecule has 0 atom stereocenters. The summed E-state index contributed by atoms with van der Waals surface area (Å²) < 4.78 is 32.7. The van der Waals surface area contributed by atoms with Gasteiger partial charge in [-0.2, -0.15) is 4.31 Å². The van der Waals surface area contributed by atoms with Crippen LogP contribution < -0.4 is 10.1 Å². The highest BCUT2D eigenvalue weighted by Crippen LogP contribution is 2.18. The molecular weight excluding hydrogens is 402 g/mol. The fourth-order valence-electron chi connectivity index (χ4n) is 3.32. The van der Waals surface area contributed by atoms with E-state index in [2.05, 4.69) is 5.32 Å². The second-order valence-corrected chi connectivity index (χ2v) is 9.40. The summed E-state index contributed by atoms with van der Waals surface area (Å²) in [4.78, 5) is 14.5. The second-order valence-electron chi connectivity index (χ2n) is 7.46. The van der Waals surface area contributed by atoms with Crippen LogP contribution in [0.25, 0.3) is 0 Å². The van der Waals surface area contributed by atoms with Crippen LogP contribution in [0.2, 0.25) is 0 Å². The van der Waals surface area contributed by atoms with E-state index in [1.54, 1.807) is 24.3 Å². The first kappa shape index (κ1) is 22.3. The van der Waals surface area contributed by atoms with Crippen molar-refractivity contribution in [2.75, 3.05) is 45.9 Å². The van der Waals surface area contributed by atoms with Gasteiger partial charge >= 0.3 is 0 Å². The fraction of sp³-hybridized carbons (Fsp3) is 0.409. The average molecular weight is 432 g/mol. The topological polar surface area (TPSA) is 79.0 Å². The molecule has 0 radical (unpaired) electrons. The number of carbonyl (C=O) groups is 1. The number of para-hydroxylation sites is 1. The van der Waals surface area contributed by atoms with Gasteiger partial charge in [-0.25, -0.2) is 8.42 Å². The zero-order valence-corrected chi connectivity index (χ0v) is 18.3. The number of hydrogen-bond donors (Lipinski definition) is 1. The SMILES string of the molecule is Cc1ccc(S(=O)(=O)N2CCN(CC(=O)NCCOc3ccccc3C)CC2)cc1. The van der Waals surface area contributed by atoms with Gasteiger partial charge in [0.15, 0.2) is 0 Å². The normalized spacial score (nSPS) is 15.7. The van der Waals surface area contributed by atoms with E-state index in [0.717, 1.165) is 16.9 Å². The van der Waals surface area contributed by atoms with Gasteiger partial charge in [-0.05, 0) is 37.6 Å². The summed E-state index contributed by atoms with van der Waals surface area (Å²) in [5.74, 6) is 0.732. The lowest BCUT2D eigenvalue weighted by atomic mass is 10.2. The van der Waals surface area contributed by atoms with Gasteiger partial charge in [0.2, 0.25) is 15.9 Å². The molecule has 2 aromatic rings. The summed E-state index contributed by atoms with van der Waals surface area (Å²) in [5, 5.41) is 2.85. The summed E-state index contributed by atoms with van der Waals surface area (Å²) in [6.45, 7) is 6.79. The average Bonchev–Trinajstić information content (AvgIpc) is 2.73. The lowest BCUT2D eigenvalue weighted by molar-refractivity contribution is -0.122. The number of ether oxygens (including phenoxy) is 1. The monoisotopic (exact) mass is 431 g/mol. The number of amides is 1. The van der Waals surface area contributed by atoms with Crippen molar-refractivity contribution in [1.29, 1.82) is 0 Å². The minimum absolute atomic E-state index is 0.0850. The largest absolute Gasteiger partial charge is 0.491 e. The number of hydrogen-bond acceptors (Lipinski definition) is 5. The Balaban J connectivity index is 1.39. The molecule has 0 aromatic heterocycles. The molecule has 0 bridgehead atoms. The van der Waals surface area contributed by atoms with Gasteiger partial charge in [0.05, 0.1) is 18.0 Å². The van der Waals surface area contributed by atoms with Crippen molar-refractivity contribution in [2.45, 2.75) is 18.7 Å². The Morgan fingerprint density at radius 3 is 2.33 bits per heavy atom. The van der Waals surface area contributed by atoms with Gasteiger partial charge in [-0.15, -0.1) is 0 Å². The van der Waals surface area contributed by atoms with Gasteiger partial charge in [0, 0.05) is 26.2 Å². The Hall–Kier alpha value is -2.42. The minimum atomic E-state index is -3.49. The Labute approximate surface area is 178 Å². The summed E-state index contributed by atoms with van der Waals surface area (Å²) in [6.07, 6.45) is 0. The highest BCUT2D eigenvalue weighted by Gasteiger charge is 2.28. The number of carbonyl (C=O) groups excluding carboxylic acids is 1. The number of aryl methyl sites for hydroxylation is 2. The zero-order chi connectivity index (χ0) is 21.6. The maximum absolute atomic E-state index is 12.8. The molecule has 1 fully saturated rings. The van der Waals surface area contributed by atoms with E-state index in [1.807, 2.05) is 43.0 Å². The van der Waals surface area contributed by atoms with Crippen LogP contribution in [0, 0.1) is 13.8 Å². The lowest BCUT2D eigenvalue weighted by Gasteiger charge is -2.33. The lowest BCUT2D eigenvalue weighted by Crippen LogP contribution is -2.51. The molecule has 30 heavy (non-hydrogen) atoms. The Morgan fingerprint density at radius 1 is 1.00 bits per heavy atom. The van der Waals surface area contributed by atoms with Gasteiger partial charge < -0.3 is 10.1 Å². The van der Waals surface area contributed by atoms with E-state index in [0.29, 0.717) is 44.2 Å². The maximum Gasteiger partial charge on any atom is 0.243 e. The fourth-order valence-corrected chi connectivity index (χ4v) is 4.74. The van der Waals surface area contributed by atoms with E-state index in [-0.39, 0.29) is 12.5 Å². The third kappa shape index (κ3) is 5.81. The van der Waals surface area contributed by atoms with E-state index < -0.39 is 10.0 Å². The van der Waals surface area contributed by atoms with Crippen LogP contribution in [0.4, 0.5) is 0 Å². The molecule has 0 aliphatic carbocycles. The highest BCUT2D eigenvalue weighted by molar-refractivity contribution is 7.89. The quantitative estimate of drug-likeness (QED) is 0.645. The maximum atomic E-state index is 12.8. The van der Waals surface area contributed by atoms with Crippen LogP contribution in [0.5, 0.6) is 5.75 Å². The Morgan fingerprint density at radius 2 is 1.67 bits per heavy atom. The number of nitrogens with zero attached hydrogens (tertiary/aromatic N) is 2. The van der Waals surface area contributed by atoms with Crippen molar-refractivity contribution in [2.24, 2.45) is 0 Å². The molecule has 162 valence electrons. The van der Waals surface area contributed by atoms with E-state index in [1.165, 1.54) is 4.31 Å². The molecule has 8 heteroatoms. The molecule has 1 N–H and O–H groups in total. The van der Waals surface area contributed by atoms with E-state index >= 15 is 0 Å². The van der Waals surface area contributed by atoms with Gasteiger partial charge in [0.1, 0.15) is 12.4 Å². The highest BCUT2D eigenvalue weighted by atomic mass is 32.2. The molecule has 3 rings (SSSR count). The molecule has 0 saturated carbocycles. The second kappa shape index (κ2) is 10.1. The van der Waals surface area contributed by atoms with Crippen molar-refractivity contribution in [3.05, 3.63) is 59.7 Å². The van der Waals surface area contributed by atoms with E-state index in [4.69, 9.17) is 4.74 Å². The number of benzene rings is 2. The molecule has 1 saturated heterocycles. The van der Waals surface area contributed by atoms with Crippen LogP contribution in [0.15, 0.2) is 53.4 Å². The summed E-state index contributed by atoms with van der Waals surface area (Å²) >= 11 is 0. The molecule has 2 aromatic carbocycles. The van der Waals surface area contributed by atoms with Crippen LogP contribution in [0.3, 0.4) is 0 Å². The number of rotatable bonds is 8. The van der Waals surface area contributed by atoms with Crippen molar-refractivity contribution < 1.29 is 17.9 Å². The van der Waals surface area contributed by atoms with Gasteiger partial charge in [-0.3, -0.25) is 9.69 Å². The van der Waals surface area contributed by atoms with Crippen LogP contribution in [0.1, 0.15) is 11.1 Å². The Bertz CT molecular complexity index is 953. The third-order valence-corrected chi connectivity index (χ3v) is 7.05. The molecule has 7 nitrogen and oxygen atoms in total. The molecule has 0 unspecified atom stereocenters. The molecule has 1 heterocycles. The van der Waals surface area contributed by atoms with Gasteiger partial charge in [-0.1, -0.05) is 35.9 Å². The number of piperazine rings is 1. The first-order valence-electron chi connectivity index (χ1n) is 10.1. The van der Waals surface area contributed by atoms with Crippen LogP contribution in [-0.4, -0.2) is 69.4 Å². The smallest absolute Gasteiger partial charge is 0.243 e. The minimum Gasteiger partial charge on any atom is -0.491 e. The predicted octanol–water partition coefficient (Wildman–Crippen LogP) is 1.80. The van der Waals surface area contributed by atoms with Crippen LogP contribution in [-0.2, 0) is 14.8 Å². The Kier molecular flexibility index (Phi) is 7.47. The molecule has 1 aliphatic rings. The molecular formula is C22H29N3O4S.